The molecule has 70 valence electrons. The van der Waals surface area contributed by atoms with Gasteiger partial charge in [0.2, 0.25) is 0 Å². The van der Waals surface area contributed by atoms with Gasteiger partial charge in [-0.2, -0.15) is 0 Å². The van der Waals surface area contributed by atoms with E-state index in [1.165, 1.54) is 16.7 Å². The van der Waals surface area contributed by atoms with Crippen LogP contribution in [0.2, 0.25) is 0 Å². The van der Waals surface area contributed by atoms with E-state index in [1.807, 2.05) is 0 Å². The zero-order valence-corrected chi connectivity index (χ0v) is 9.31. The maximum atomic E-state index is 2.25. The van der Waals surface area contributed by atoms with E-state index in [4.69, 9.17) is 0 Å². The molecular weight excluding hydrogens is 156 g/mol. The fourth-order valence-electron chi connectivity index (χ4n) is 1.31. The van der Waals surface area contributed by atoms with Crippen molar-refractivity contribution in [2.24, 2.45) is 5.41 Å². The fourth-order valence-corrected chi connectivity index (χ4v) is 1.31. The molecule has 0 aromatic rings. The minimum absolute atomic E-state index is 0.272. The first kappa shape index (κ1) is 10.2. The summed E-state index contributed by atoms with van der Waals surface area (Å²) in [6.45, 7) is 11.1. The summed E-state index contributed by atoms with van der Waals surface area (Å²) in [5.74, 6) is 0. The molecule has 0 heteroatoms. The van der Waals surface area contributed by atoms with E-state index in [9.17, 15) is 0 Å². The summed E-state index contributed by atoms with van der Waals surface area (Å²) in [6, 6.07) is 0. The van der Waals surface area contributed by atoms with Gasteiger partial charge in [0, 0.05) is 41.2 Å². The van der Waals surface area contributed by atoms with Crippen LogP contribution in [0.15, 0.2) is 34.9 Å². The van der Waals surface area contributed by atoms with Gasteiger partial charge in [-0.15, -0.1) is 0 Å². The molecule has 0 fully saturated rings. The first-order valence-corrected chi connectivity index (χ1v) is 4.82. The molecule has 0 aromatic heterocycles. The van der Waals surface area contributed by atoms with Crippen molar-refractivity contribution in [3.05, 3.63) is 41.4 Å². The van der Waals surface area contributed by atoms with E-state index in [2.05, 4.69) is 59.3 Å². The Hall–Kier alpha value is -0.910. The Morgan fingerprint density at radius 3 is 2.38 bits per heavy atom. The molecule has 0 N–H and O–H groups in total. The van der Waals surface area contributed by atoms with Crippen LogP contribution in [-0.4, -0.2) is 0 Å². The van der Waals surface area contributed by atoms with Gasteiger partial charge in [-0.1, -0.05) is 0 Å². The van der Waals surface area contributed by atoms with Crippen LogP contribution in [0, 0.1) is 11.8 Å². The maximum Gasteiger partial charge on any atom is 0.0953 e. The second-order valence-corrected chi connectivity index (χ2v) is 4.74. The van der Waals surface area contributed by atoms with Crippen molar-refractivity contribution >= 4 is 0 Å². The predicted octanol–water partition coefficient (Wildman–Crippen LogP) is 4.07. The molecule has 0 heterocycles. The zero-order chi connectivity index (χ0) is 10.1. The molecule has 0 spiro atoms. The summed E-state index contributed by atoms with van der Waals surface area (Å²) in [6.07, 6.45) is 8.70. The minimum atomic E-state index is 0.272. The molecule has 0 saturated carbocycles. The molecule has 0 saturated heterocycles. The highest BCUT2D eigenvalue weighted by atomic mass is 14.2. The lowest BCUT2D eigenvalue weighted by molar-refractivity contribution is 0.501. The summed E-state index contributed by atoms with van der Waals surface area (Å²) < 4.78 is 0. The van der Waals surface area contributed by atoms with Gasteiger partial charge in [-0.3, -0.25) is 0 Å². The molecule has 1 rings (SSSR count). The van der Waals surface area contributed by atoms with E-state index in [0.717, 1.165) is 0 Å². The van der Waals surface area contributed by atoms with Crippen LogP contribution in [0.4, 0.5) is 0 Å². The number of rotatable bonds is 0. The third-order valence-corrected chi connectivity index (χ3v) is 2.58. The van der Waals surface area contributed by atoms with Crippen LogP contribution in [0.1, 0.15) is 34.6 Å². The monoisotopic (exact) mass is 175 g/mol. The lowest BCUT2D eigenvalue weighted by Crippen LogP contribution is -2.09. The molecule has 1 aliphatic carbocycles. The van der Waals surface area contributed by atoms with Crippen molar-refractivity contribution in [2.45, 2.75) is 34.6 Å². The Balaban J connectivity index is 3.01. The van der Waals surface area contributed by atoms with Crippen LogP contribution in [-0.2, 0) is 0 Å². The number of hydrogen-bond donors (Lipinski definition) is 0. The minimum Gasteiger partial charge on any atom is -0.0477 e. The van der Waals surface area contributed by atoms with E-state index in [0.29, 0.717) is 0 Å². The summed E-state index contributed by atoms with van der Waals surface area (Å²) in [4.78, 5) is 0. The van der Waals surface area contributed by atoms with Gasteiger partial charge in [-0.05, 0) is 34.6 Å². The van der Waals surface area contributed by atoms with Crippen LogP contribution in [0.25, 0.3) is 0 Å². The summed E-state index contributed by atoms with van der Waals surface area (Å²) in [7, 11) is 0. The number of allylic oxidation sites excluding steroid dienone is 6. The van der Waals surface area contributed by atoms with Crippen LogP contribution in [0.3, 0.4) is 0 Å². The van der Waals surface area contributed by atoms with Gasteiger partial charge in [0.25, 0.3) is 0 Å². The molecule has 0 amide bonds. The second-order valence-electron chi connectivity index (χ2n) is 4.74. The molecule has 0 bridgehead atoms. The molecule has 0 nitrogen and oxygen atoms in total. The molecule has 0 atom stereocenters. The van der Waals surface area contributed by atoms with Gasteiger partial charge < -0.3 is 0 Å². The predicted molar refractivity (Wildman–Crippen MR) is 59.4 cm³/mol. The molecular formula is C13H19+. The lowest BCUT2D eigenvalue weighted by atomic mass is 9.82. The van der Waals surface area contributed by atoms with Crippen molar-refractivity contribution in [1.29, 1.82) is 0 Å². The van der Waals surface area contributed by atoms with Crippen molar-refractivity contribution in [1.82, 2.24) is 0 Å². The molecule has 0 aliphatic heterocycles. The van der Waals surface area contributed by atoms with Gasteiger partial charge in [0.1, 0.15) is 0 Å². The van der Waals surface area contributed by atoms with Crippen molar-refractivity contribution in [2.75, 3.05) is 0 Å². The Morgan fingerprint density at radius 2 is 1.92 bits per heavy atom. The quantitative estimate of drug-likeness (QED) is 0.487. The molecule has 0 radical (unpaired) electrons. The molecule has 0 aromatic carbocycles. The Labute approximate surface area is 82.0 Å². The van der Waals surface area contributed by atoms with E-state index < -0.39 is 0 Å². The van der Waals surface area contributed by atoms with E-state index in [1.54, 1.807) is 0 Å². The smallest absolute Gasteiger partial charge is 0.0477 e. The highest BCUT2D eigenvalue weighted by molar-refractivity contribution is 5.46. The highest BCUT2D eigenvalue weighted by Gasteiger charge is 2.21. The lowest BCUT2D eigenvalue weighted by Gasteiger charge is -2.18. The number of hydrogen-bond acceptors (Lipinski definition) is 0. The Morgan fingerprint density at radius 1 is 1.31 bits per heavy atom. The third-order valence-electron chi connectivity index (χ3n) is 2.58. The topological polar surface area (TPSA) is 0 Å². The first-order valence-electron chi connectivity index (χ1n) is 4.82. The van der Waals surface area contributed by atoms with Crippen molar-refractivity contribution < 1.29 is 0 Å². The van der Waals surface area contributed by atoms with Crippen LogP contribution >= 0.6 is 0 Å². The average Bonchev–Trinajstić information content (AvgIpc) is 2.01. The second kappa shape index (κ2) is 3.45. The van der Waals surface area contributed by atoms with Crippen molar-refractivity contribution in [3.63, 3.8) is 0 Å². The summed E-state index contributed by atoms with van der Waals surface area (Å²) >= 11 is 0. The highest BCUT2D eigenvalue weighted by Crippen LogP contribution is 2.30. The molecule has 0 unspecified atom stereocenters. The van der Waals surface area contributed by atoms with Gasteiger partial charge >= 0.3 is 0 Å². The molecule has 13 heavy (non-hydrogen) atoms. The normalized spacial score (nSPS) is 20.8. The van der Waals surface area contributed by atoms with Gasteiger partial charge in [0.15, 0.2) is 0 Å². The van der Waals surface area contributed by atoms with E-state index >= 15 is 0 Å². The maximum absolute atomic E-state index is 2.25. The SMILES string of the molecule is CC1=C/C(=C(/C)C(C)(C)C)[CH+]C=C1. The molecule has 1 aliphatic rings. The van der Waals surface area contributed by atoms with Gasteiger partial charge in [0.05, 0.1) is 5.57 Å². The van der Waals surface area contributed by atoms with Crippen LogP contribution < -0.4 is 0 Å². The Kier molecular flexibility index (Phi) is 2.70. The standard InChI is InChI=1S/C13H19/c1-10-7-6-8-12(9-10)11(2)13(3,4)5/h6-9H,1-5H3/q+1/b12-11-. The average molecular weight is 175 g/mol. The van der Waals surface area contributed by atoms with E-state index in [-0.39, 0.29) is 5.41 Å². The first-order chi connectivity index (χ1) is 5.91. The third kappa shape index (κ3) is 2.51. The van der Waals surface area contributed by atoms with Crippen LogP contribution in [0.5, 0.6) is 0 Å². The van der Waals surface area contributed by atoms with Gasteiger partial charge in [-0.25, -0.2) is 0 Å². The fraction of sp³-hybridized carbons (Fsp3) is 0.462. The largest absolute Gasteiger partial charge is 0.0953 e. The summed E-state index contributed by atoms with van der Waals surface area (Å²) in [5, 5.41) is 0. The Bertz CT molecular complexity index is 280. The summed E-state index contributed by atoms with van der Waals surface area (Å²) in [5.41, 5.74) is 4.43. The van der Waals surface area contributed by atoms with Crippen molar-refractivity contribution in [3.8, 4) is 0 Å². The zero-order valence-electron chi connectivity index (χ0n) is 9.31.